The molecule has 0 spiro atoms. The largest absolute Gasteiger partial charge is 0.386 e. The second-order valence-electron chi connectivity index (χ2n) is 5.62. The van der Waals surface area contributed by atoms with E-state index in [1.54, 1.807) is 0 Å². The van der Waals surface area contributed by atoms with Gasteiger partial charge in [-0.25, -0.2) is 0 Å². The average molecular weight is 288 g/mol. The zero-order chi connectivity index (χ0) is 13.9. The van der Waals surface area contributed by atoms with Crippen LogP contribution in [0.25, 0.3) is 0 Å². The van der Waals surface area contributed by atoms with Gasteiger partial charge in [0.05, 0.1) is 5.54 Å². The van der Waals surface area contributed by atoms with Crippen LogP contribution in [0.1, 0.15) is 51.4 Å². The van der Waals surface area contributed by atoms with Gasteiger partial charge >= 0.3 is 0 Å². The Labute approximate surface area is 115 Å². The lowest BCUT2D eigenvalue weighted by atomic mass is 9.98. The molecule has 2 aliphatic rings. The Morgan fingerprint density at radius 3 is 2.05 bits per heavy atom. The zero-order valence-corrected chi connectivity index (χ0v) is 12.1. The third kappa shape index (κ3) is 3.27. The standard InChI is InChI=1S/C12H24N4O2S/c13-11(14)12(7-3-4-8-12)15-19(17,18)16-9-5-1-2-6-10-16/h15H,1-10H2,(H3,13,14). The third-order valence-electron chi connectivity index (χ3n) is 4.20. The van der Waals surface area contributed by atoms with Gasteiger partial charge in [-0.1, -0.05) is 25.7 Å². The fourth-order valence-electron chi connectivity index (χ4n) is 3.00. The molecular formula is C12H24N4O2S. The van der Waals surface area contributed by atoms with Crippen molar-refractivity contribution in [3.05, 3.63) is 0 Å². The molecule has 0 atom stereocenters. The van der Waals surface area contributed by atoms with Gasteiger partial charge in [0.2, 0.25) is 0 Å². The van der Waals surface area contributed by atoms with Crippen molar-refractivity contribution in [2.45, 2.75) is 56.9 Å². The molecule has 110 valence electrons. The van der Waals surface area contributed by atoms with Crippen LogP contribution < -0.4 is 10.5 Å². The summed E-state index contributed by atoms with van der Waals surface area (Å²) in [6, 6.07) is 0. The molecule has 0 unspecified atom stereocenters. The van der Waals surface area contributed by atoms with Crippen LogP contribution in [0, 0.1) is 5.41 Å². The lowest BCUT2D eigenvalue weighted by molar-refractivity contribution is 0.395. The maximum Gasteiger partial charge on any atom is 0.280 e. The molecule has 6 nitrogen and oxygen atoms in total. The van der Waals surface area contributed by atoms with Crippen molar-refractivity contribution in [3.8, 4) is 0 Å². The molecule has 0 radical (unpaired) electrons. The Morgan fingerprint density at radius 2 is 1.58 bits per heavy atom. The summed E-state index contributed by atoms with van der Waals surface area (Å²) in [7, 11) is -3.53. The topological polar surface area (TPSA) is 99.3 Å². The molecule has 2 rings (SSSR count). The Balaban J connectivity index is 2.12. The summed E-state index contributed by atoms with van der Waals surface area (Å²) >= 11 is 0. The minimum Gasteiger partial charge on any atom is -0.386 e. The van der Waals surface area contributed by atoms with Crippen LogP contribution in [0.15, 0.2) is 0 Å². The van der Waals surface area contributed by atoms with E-state index < -0.39 is 15.7 Å². The Kier molecular flexibility index (Phi) is 4.47. The van der Waals surface area contributed by atoms with Crippen molar-refractivity contribution < 1.29 is 8.42 Å². The maximum absolute atomic E-state index is 12.5. The van der Waals surface area contributed by atoms with Crippen LogP contribution in [-0.2, 0) is 10.2 Å². The first kappa shape index (κ1) is 14.7. The van der Waals surface area contributed by atoms with E-state index in [0.717, 1.165) is 38.5 Å². The minimum atomic E-state index is -3.53. The summed E-state index contributed by atoms with van der Waals surface area (Å²) in [6.45, 7) is 1.15. The first-order valence-electron chi connectivity index (χ1n) is 7.10. The molecule has 0 aromatic rings. The van der Waals surface area contributed by atoms with Crippen LogP contribution in [-0.4, -0.2) is 37.2 Å². The van der Waals surface area contributed by atoms with Gasteiger partial charge in [-0.05, 0) is 25.7 Å². The van der Waals surface area contributed by atoms with Crippen LogP contribution in [0.5, 0.6) is 0 Å². The summed E-state index contributed by atoms with van der Waals surface area (Å²) in [5, 5.41) is 7.71. The summed E-state index contributed by atoms with van der Waals surface area (Å²) in [5.41, 5.74) is 4.80. The van der Waals surface area contributed by atoms with E-state index in [2.05, 4.69) is 4.72 Å². The first-order valence-corrected chi connectivity index (χ1v) is 8.54. The van der Waals surface area contributed by atoms with Crippen LogP contribution in [0.3, 0.4) is 0 Å². The minimum absolute atomic E-state index is 0.0524. The molecule has 7 heteroatoms. The van der Waals surface area contributed by atoms with Gasteiger partial charge in [0, 0.05) is 13.1 Å². The first-order chi connectivity index (χ1) is 8.96. The highest BCUT2D eigenvalue weighted by Gasteiger charge is 2.42. The number of hydrogen-bond donors (Lipinski definition) is 3. The fourth-order valence-corrected chi connectivity index (χ4v) is 4.67. The predicted octanol–water partition coefficient (Wildman–Crippen LogP) is 0.946. The molecule has 0 aromatic carbocycles. The molecule has 1 saturated carbocycles. The molecule has 1 heterocycles. The summed E-state index contributed by atoms with van der Waals surface area (Å²) < 4.78 is 29.2. The molecule has 0 bridgehead atoms. The van der Waals surface area contributed by atoms with Gasteiger partial charge in [0.15, 0.2) is 0 Å². The molecule has 19 heavy (non-hydrogen) atoms. The van der Waals surface area contributed by atoms with Gasteiger partial charge in [-0.15, -0.1) is 0 Å². The van der Waals surface area contributed by atoms with E-state index >= 15 is 0 Å². The van der Waals surface area contributed by atoms with E-state index in [-0.39, 0.29) is 5.84 Å². The molecule has 0 amide bonds. The molecule has 1 saturated heterocycles. The highest BCUT2D eigenvalue weighted by atomic mass is 32.2. The number of nitrogens with one attached hydrogen (secondary N) is 2. The molecular weight excluding hydrogens is 264 g/mol. The van der Waals surface area contributed by atoms with Crippen molar-refractivity contribution in [3.63, 3.8) is 0 Å². The summed E-state index contributed by atoms with van der Waals surface area (Å²) in [6.07, 6.45) is 7.10. The lowest BCUT2D eigenvalue weighted by Crippen LogP contribution is -2.58. The SMILES string of the molecule is N=C(N)C1(NS(=O)(=O)N2CCCCCC2)CCCC1. The number of amidine groups is 1. The number of nitrogens with two attached hydrogens (primary N) is 1. The van der Waals surface area contributed by atoms with Gasteiger partial charge < -0.3 is 5.73 Å². The summed E-state index contributed by atoms with van der Waals surface area (Å²) in [5.74, 6) is -0.0524. The Bertz CT molecular complexity index is 421. The van der Waals surface area contributed by atoms with Crippen LogP contribution in [0.4, 0.5) is 0 Å². The summed E-state index contributed by atoms with van der Waals surface area (Å²) in [4.78, 5) is 0. The van der Waals surface area contributed by atoms with Crippen LogP contribution >= 0.6 is 0 Å². The van der Waals surface area contributed by atoms with E-state index in [0.29, 0.717) is 25.9 Å². The average Bonchev–Trinajstić information content (AvgIpc) is 2.64. The highest BCUT2D eigenvalue weighted by molar-refractivity contribution is 7.87. The van der Waals surface area contributed by atoms with Gasteiger partial charge in [0.25, 0.3) is 10.2 Å². The van der Waals surface area contributed by atoms with E-state index in [1.165, 1.54) is 4.31 Å². The van der Waals surface area contributed by atoms with Crippen LogP contribution in [0.2, 0.25) is 0 Å². The second-order valence-corrected chi connectivity index (χ2v) is 7.29. The van der Waals surface area contributed by atoms with Crippen molar-refractivity contribution in [2.24, 2.45) is 5.73 Å². The molecule has 4 N–H and O–H groups in total. The number of nitrogens with zero attached hydrogens (tertiary/aromatic N) is 1. The third-order valence-corrected chi connectivity index (χ3v) is 5.90. The van der Waals surface area contributed by atoms with Gasteiger partial charge in [-0.2, -0.15) is 17.4 Å². The zero-order valence-electron chi connectivity index (χ0n) is 11.3. The molecule has 2 fully saturated rings. The van der Waals surface area contributed by atoms with E-state index in [9.17, 15) is 8.42 Å². The number of rotatable bonds is 4. The highest BCUT2D eigenvalue weighted by Crippen LogP contribution is 2.30. The smallest absolute Gasteiger partial charge is 0.280 e. The monoisotopic (exact) mass is 288 g/mol. The van der Waals surface area contributed by atoms with E-state index in [1.807, 2.05) is 0 Å². The van der Waals surface area contributed by atoms with Crippen molar-refractivity contribution >= 4 is 16.0 Å². The normalized spacial score (nSPS) is 25.1. The van der Waals surface area contributed by atoms with Crippen molar-refractivity contribution in [1.82, 2.24) is 9.03 Å². The Hall–Kier alpha value is -0.660. The second kappa shape index (κ2) is 5.76. The maximum atomic E-state index is 12.5. The molecule has 1 aliphatic heterocycles. The molecule has 1 aliphatic carbocycles. The van der Waals surface area contributed by atoms with E-state index in [4.69, 9.17) is 11.1 Å². The van der Waals surface area contributed by atoms with Crippen molar-refractivity contribution in [2.75, 3.05) is 13.1 Å². The quantitative estimate of drug-likeness (QED) is 0.530. The van der Waals surface area contributed by atoms with Gasteiger partial charge in [-0.3, -0.25) is 5.41 Å². The number of hydrogen-bond acceptors (Lipinski definition) is 3. The van der Waals surface area contributed by atoms with Gasteiger partial charge in [0.1, 0.15) is 5.84 Å². The fraction of sp³-hybridized carbons (Fsp3) is 0.917. The Morgan fingerprint density at radius 1 is 1.05 bits per heavy atom. The predicted molar refractivity (Wildman–Crippen MR) is 75.2 cm³/mol. The lowest BCUT2D eigenvalue weighted by Gasteiger charge is -2.31. The van der Waals surface area contributed by atoms with Crippen molar-refractivity contribution in [1.29, 1.82) is 5.41 Å². The molecule has 0 aromatic heterocycles.